The molecule has 0 saturated heterocycles. The van der Waals surface area contributed by atoms with Crippen LogP contribution in [0, 0.1) is 5.92 Å². The molecule has 0 bridgehead atoms. The van der Waals surface area contributed by atoms with E-state index >= 15 is 0 Å². The van der Waals surface area contributed by atoms with Crippen molar-refractivity contribution < 1.29 is 0 Å². The van der Waals surface area contributed by atoms with Crippen molar-refractivity contribution in [3.8, 4) is 0 Å². The first kappa shape index (κ1) is 8.58. The Morgan fingerprint density at radius 2 is 2.18 bits per heavy atom. The van der Waals surface area contributed by atoms with Crippen LogP contribution in [0.25, 0.3) is 0 Å². The predicted octanol–water partition coefficient (Wildman–Crippen LogP) is 3.70. The molecule has 0 heterocycles. The van der Waals surface area contributed by atoms with E-state index in [0.717, 1.165) is 0 Å². The summed E-state index contributed by atoms with van der Waals surface area (Å²) in [5.74, 6) is 0.683. The van der Waals surface area contributed by atoms with Crippen molar-refractivity contribution in [2.45, 2.75) is 39.0 Å². The normalized spacial score (nSPS) is 29.9. The Labute approximate surface area is 70.0 Å². The van der Waals surface area contributed by atoms with Gasteiger partial charge in [0, 0.05) is 0 Å². The van der Waals surface area contributed by atoms with Crippen LogP contribution in [-0.4, -0.2) is 0 Å². The third-order valence-corrected chi connectivity index (χ3v) is 2.61. The maximum absolute atomic E-state index is 3.88. The van der Waals surface area contributed by atoms with Gasteiger partial charge in [0.05, 0.1) is 0 Å². The number of rotatable bonds is 1. The van der Waals surface area contributed by atoms with E-state index in [1.807, 2.05) is 0 Å². The van der Waals surface area contributed by atoms with E-state index in [4.69, 9.17) is 0 Å². The van der Waals surface area contributed by atoms with E-state index in [9.17, 15) is 0 Å². The van der Waals surface area contributed by atoms with E-state index < -0.39 is 0 Å². The van der Waals surface area contributed by atoms with E-state index in [-0.39, 0.29) is 0 Å². The SMILES string of the molecule is C=C[C@@H]1CCCCC/C1=C/C. The molecule has 1 rings (SSSR count). The number of hydrogen-bond acceptors (Lipinski definition) is 0. The molecular weight excluding hydrogens is 132 g/mol. The fraction of sp³-hybridized carbons (Fsp3) is 0.636. The first-order valence-electron chi connectivity index (χ1n) is 4.66. The van der Waals surface area contributed by atoms with Gasteiger partial charge in [0.25, 0.3) is 0 Å². The Morgan fingerprint density at radius 1 is 1.36 bits per heavy atom. The average molecular weight is 150 g/mol. The topological polar surface area (TPSA) is 0 Å². The molecule has 0 N–H and O–H groups in total. The summed E-state index contributed by atoms with van der Waals surface area (Å²) in [5.41, 5.74) is 1.61. The minimum Gasteiger partial charge on any atom is -0.102 e. The van der Waals surface area contributed by atoms with E-state index in [1.165, 1.54) is 32.1 Å². The first-order valence-corrected chi connectivity index (χ1v) is 4.66. The molecule has 1 aliphatic carbocycles. The number of hydrogen-bond donors (Lipinski definition) is 0. The standard InChI is InChI=1S/C11H18/c1-3-10-8-6-5-7-9-11(10)4-2/h3-4,10H,1,5-9H2,2H3/b11-4-/t10-/m1/s1. The van der Waals surface area contributed by atoms with Crippen molar-refractivity contribution in [2.24, 2.45) is 5.92 Å². The van der Waals surface area contributed by atoms with Crippen molar-refractivity contribution in [3.63, 3.8) is 0 Å². The van der Waals surface area contributed by atoms with Gasteiger partial charge in [-0.1, -0.05) is 30.6 Å². The van der Waals surface area contributed by atoms with Gasteiger partial charge in [-0.25, -0.2) is 0 Å². The van der Waals surface area contributed by atoms with E-state index in [0.29, 0.717) is 5.92 Å². The quantitative estimate of drug-likeness (QED) is 0.395. The maximum Gasteiger partial charge on any atom is -0.00261 e. The highest BCUT2D eigenvalue weighted by Crippen LogP contribution is 2.28. The zero-order valence-corrected chi connectivity index (χ0v) is 7.47. The van der Waals surface area contributed by atoms with Crippen LogP contribution in [0.4, 0.5) is 0 Å². The van der Waals surface area contributed by atoms with Gasteiger partial charge in [0.15, 0.2) is 0 Å². The fourth-order valence-electron chi connectivity index (χ4n) is 1.87. The second kappa shape index (κ2) is 4.38. The van der Waals surface area contributed by atoms with E-state index in [1.54, 1.807) is 5.57 Å². The fourth-order valence-corrected chi connectivity index (χ4v) is 1.87. The zero-order valence-electron chi connectivity index (χ0n) is 7.47. The lowest BCUT2D eigenvalue weighted by atomic mass is 9.94. The molecule has 11 heavy (non-hydrogen) atoms. The number of allylic oxidation sites excluding steroid dienone is 3. The lowest BCUT2D eigenvalue weighted by Crippen LogP contribution is -1.97. The first-order chi connectivity index (χ1) is 5.38. The summed E-state index contributed by atoms with van der Waals surface area (Å²) in [4.78, 5) is 0. The molecule has 0 spiro atoms. The summed E-state index contributed by atoms with van der Waals surface area (Å²) < 4.78 is 0. The highest BCUT2D eigenvalue weighted by Gasteiger charge is 2.12. The Hall–Kier alpha value is -0.520. The predicted molar refractivity (Wildman–Crippen MR) is 50.5 cm³/mol. The molecule has 0 aromatic carbocycles. The Balaban J connectivity index is 2.62. The van der Waals surface area contributed by atoms with Crippen LogP contribution in [-0.2, 0) is 0 Å². The highest BCUT2D eigenvalue weighted by molar-refractivity contribution is 5.12. The summed E-state index contributed by atoms with van der Waals surface area (Å²) in [6, 6.07) is 0. The van der Waals surface area contributed by atoms with Gasteiger partial charge < -0.3 is 0 Å². The molecule has 0 heteroatoms. The van der Waals surface area contributed by atoms with Crippen LogP contribution in [0.3, 0.4) is 0 Å². The summed E-state index contributed by atoms with van der Waals surface area (Å²) in [6.45, 7) is 6.03. The largest absolute Gasteiger partial charge is 0.102 e. The van der Waals surface area contributed by atoms with Crippen molar-refractivity contribution >= 4 is 0 Å². The van der Waals surface area contributed by atoms with Crippen LogP contribution in [0.15, 0.2) is 24.3 Å². The van der Waals surface area contributed by atoms with Crippen molar-refractivity contribution in [2.75, 3.05) is 0 Å². The van der Waals surface area contributed by atoms with Crippen LogP contribution in [0.2, 0.25) is 0 Å². The highest BCUT2D eigenvalue weighted by atomic mass is 14.2. The van der Waals surface area contributed by atoms with Crippen LogP contribution in [0.5, 0.6) is 0 Å². The molecule has 0 aromatic rings. The Kier molecular flexibility index (Phi) is 3.41. The van der Waals surface area contributed by atoms with Gasteiger partial charge in [0.1, 0.15) is 0 Å². The smallest absolute Gasteiger partial charge is 0.00261 e. The molecule has 1 fully saturated rings. The Morgan fingerprint density at radius 3 is 2.82 bits per heavy atom. The molecule has 1 atom stereocenters. The van der Waals surface area contributed by atoms with Gasteiger partial charge in [-0.15, -0.1) is 6.58 Å². The second-order valence-corrected chi connectivity index (χ2v) is 3.31. The molecule has 0 amide bonds. The minimum atomic E-state index is 0.683. The van der Waals surface area contributed by atoms with Crippen LogP contribution in [0.1, 0.15) is 39.0 Å². The molecule has 62 valence electrons. The molecule has 0 unspecified atom stereocenters. The Bertz CT molecular complexity index is 153. The van der Waals surface area contributed by atoms with Gasteiger partial charge in [0.2, 0.25) is 0 Å². The third kappa shape index (κ3) is 2.21. The van der Waals surface area contributed by atoms with Gasteiger partial charge >= 0.3 is 0 Å². The molecule has 0 nitrogen and oxygen atoms in total. The average Bonchev–Trinajstić information content (AvgIpc) is 2.27. The third-order valence-electron chi connectivity index (χ3n) is 2.61. The second-order valence-electron chi connectivity index (χ2n) is 3.31. The minimum absolute atomic E-state index is 0.683. The molecule has 1 aliphatic rings. The molecule has 0 aromatic heterocycles. The van der Waals surface area contributed by atoms with Gasteiger partial charge in [-0.05, 0) is 32.1 Å². The van der Waals surface area contributed by atoms with Gasteiger partial charge in [-0.2, -0.15) is 0 Å². The lowest BCUT2D eigenvalue weighted by molar-refractivity contribution is 0.642. The monoisotopic (exact) mass is 150 g/mol. The van der Waals surface area contributed by atoms with E-state index in [2.05, 4.69) is 25.7 Å². The zero-order chi connectivity index (χ0) is 8.10. The summed E-state index contributed by atoms with van der Waals surface area (Å²) in [7, 11) is 0. The van der Waals surface area contributed by atoms with Crippen LogP contribution >= 0.6 is 0 Å². The molecular formula is C11H18. The molecule has 1 saturated carbocycles. The van der Waals surface area contributed by atoms with Crippen molar-refractivity contribution in [1.82, 2.24) is 0 Å². The summed E-state index contributed by atoms with van der Waals surface area (Å²) in [5, 5.41) is 0. The summed E-state index contributed by atoms with van der Waals surface area (Å²) >= 11 is 0. The van der Waals surface area contributed by atoms with Crippen molar-refractivity contribution in [1.29, 1.82) is 0 Å². The summed E-state index contributed by atoms with van der Waals surface area (Å²) in [6.07, 6.45) is 11.2. The maximum atomic E-state index is 3.88. The van der Waals surface area contributed by atoms with Gasteiger partial charge in [-0.3, -0.25) is 0 Å². The van der Waals surface area contributed by atoms with Crippen molar-refractivity contribution in [3.05, 3.63) is 24.3 Å². The van der Waals surface area contributed by atoms with Crippen LogP contribution < -0.4 is 0 Å². The molecule has 0 radical (unpaired) electrons. The molecule has 0 aliphatic heterocycles. The lowest BCUT2D eigenvalue weighted by Gasteiger charge is -2.11.